The molecule has 0 aliphatic rings. The van der Waals surface area contributed by atoms with E-state index in [1.165, 1.54) is 0 Å². The van der Waals surface area contributed by atoms with Gasteiger partial charge in [-0.1, -0.05) is 5.16 Å². The molecule has 0 radical (unpaired) electrons. The minimum absolute atomic E-state index is 0.354. The molecule has 16 heavy (non-hydrogen) atoms. The molecule has 0 spiro atoms. The molecule has 2 rings (SSSR count). The van der Waals surface area contributed by atoms with E-state index in [1.807, 2.05) is 6.07 Å². The first-order valence-corrected chi connectivity index (χ1v) is 4.68. The van der Waals surface area contributed by atoms with Gasteiger partial charge in [0.2, 0.25) is 5.89 Å². The van der Waals surface area contributed by atoms with E-state index in [4.69, 9.17) is 9.78 Å². The van der Waals surface area contributed by atoms with Crippen LogP contribution in [0.25, 0.3) is 0 Å². The van der Waals surface area contributed by atoms with Gasteiger partial charge in [0.25, 0.3) is 0 Å². The number of rotatable bonds is 3. The zero-order chi connectivity index (χ0) is 11.4. The van der Waals surface area contributed by atoms with Gasteiger partial charge in [0.1, 0.15) is 11.9 Å². The smallest absolute Gasteiger partial charge is 0.245 e. The molecule has 80 valence electrons. The molecule has 0 aromatic carbocycles. The van der Waals surface area contributed by atoms with Gasteiger partial charge in [0, 0.05) is 6.20 Å². The van der Waals surface area contributed by atoms with Crippen molar-refractivity contribution in [3.05, 3.63) is 35.6 Å². The van der Waals surface area contributed by atoms with Gasteiger partial charge in [-0.2, -0.15) is 10.2 Å². The van der Waals surface area contributed by atoms with Crippen LogP contribution in [0.3, 0.4) is 0 Å². The van der Waals surface area contributed by atoms with Crippen molar-refractivity contribution in [1.82, 2.24) is 15.1 Å². The molecule has 2 aromatic heterocycles. The number of nitriles is 1. The minimum atomic E-state index is 0.354. The molecule has 2 heterocycles. The lowest BCUT2D eigenvalue weighted by atomic mass is 10.3. The maximum atomic E-state index is 8.84. The third-order valence-electron chi connectivity index (χ3n) is 1.90. The molecule has 0 saturated heterocycles. The molecule has 0 fully saturated rings. The van der Waals surface area contributed by atoms with Crippen LogP contribution in [-0.2, 0) is 6.54 Å². The summed E-state index contributed by atoms with van der Waals surface area (Å²) in [6, 6.07) is 5.44. The summed E-state index contributed by atoms with van der Waals surface area (Å²) in [6.07, 6.45) is 1.61. The second kappa shape index (κ2) is 4.40. The summed E-state index contributed by atoms with van der Waals surface area (Å²) in [4.78, 5) is 8.08. The van der Waals surface area contributed by atoms with Gasteiger partial charge in [0.15, 0.2) is 5.82 Å². The second-order valence-corrected chi connectivity index (χ2v) is 3.10. The molecule has 6 nitrogen and oxygen atoms in total. The monoisotopic (exact) mass is 215 g/mol. The molecule has 6 heteroatoms. The summed E-state index contributed by atoms with van der Waals surface area (Å²) >= 11 is 0. The summed E-state index contributed by atoms with van der Waals surface area (Å²) in [7, 11) is 0. The Morgan fingerprint density at radius 3 is 3.12 bits per heavy atom. The Morgan fingerprint density at radius 1 is 1.56 bits per heavy atom. The molecule has 0 aliphatic heterocycles. The third kappa shape index (κ3) is 2.15. The Morgan fingerprint density at radius 2 is 2.44 bits per heavy atom. The van der Waals surface area contributed by atoms with Crippen molar-refractivity contribution >= 4 is 5.82 Å². The van der Waals surface area contributed by atoms with E-state index in [2.05, 4.69) is 20.4 Å². The number of nitrogens with one attached hydrogen (secondary N) is 1. The Balaban J connectivity index is 2.08. The molecule has 0 aliphatic carbocycles. The molecule has 0 unspecified atom stereocenters. The molecular weight excluding hydrogens is 206 g/mol. The number of aryl methyl sites for hydroxylation is 1. The Kier molecular flexibility index (Phi) is 2.78. The molecule has 0 amide bonds. The zero-order valence-corrected chi connectivity index (χ0v) is 8.64. The molecule has 2 aromatic rings. The van der Waals surface area contributed by atoms with Crippen LogP contribution in [0.5, 0.6) is 0 Å². The number of hydrogen-bond donors (Lipinski definition) is 1. The number of hydrogen-bond acceptors (Lipinski definition) is 6. The number of nitrogens with zero attached hydrogens (tertiary/aromatic N) is 4. The SMILES string of the molecule is Cc1noc(CNc2ncccc2C#N)n1. The first-order chi connectivity index (χ1) is 7.79. The lowest BCUT2D eigenvalue weighted by Gasteiger charge is -2.02. The average molecular weight is 215 g/mol. The fourth-order valence-corrected chi connectivity index (χ4v) is 1.21. The summed E-state index contributed by atoms with van der Waals surface area (Å²) in [6.45, 7) is 2.10. The van der Waals surface area contributed by atoms with Gasteiger partial charge < -0.3 is 9.84 Å². The van der Waals surface area contributed by atoms with Crippen LogP contribution in [0.1, 0.15) is 17.3 Å². The lowest BCUT2D eigenvalue weighted by Crippen LogP contribution is -2.03. The summed E-state index contributed by atoms with van der Waals surface area (Å²) in [5.41, 5.74) is 0.485. The highest BCUT2D eigenvalue weighted by molar-refractivity contribution is 5.50. The largest absolute Gasteiger partial charge is 0.360 e. The topological polar surface area (TPSA) is 87.6 Å². The summed E-state index contributed by atoms with van der Waals surface area (Å²) in [5.74, 6) is 1.56. The molecule has 1 N–H and O–H groups in total. The highest BCUT2D eigenvalue weighted by Crippen LogP contribution is 2.10. The number of anilines is 1. The van der Waals surface area contributed by atoms with Gasteiger partial charge in [-0.25, -0.2) is 4.98 Å². The molecule has 0 bridgehead atoms. The standard InChI is InChI=1S/C10H9N5O/c1-7-14-9(16-15-7)6-13-10-8(5-11)3-2-4-12-10/h2-4H,6H2,1H3,(H,12,13). The van der Waals surface area contributed by atoms with E-state index in [9.17, 15) is 0 Å². The first-order valence-electron chi connectivity index (χ1n) is 4.68. The summed E-state index contributed by atoms with van der Waals surface area (Å²) < 4.78 is 4.93. The fourth-order valence-electron chi connectivity index (χ4n) is 1.21. The van der Waals surface area contributed by atoms with Crippen LogP contribution in [-0.4, -0.2) is 15.1 Å². The van der Waals surface area contributed by atoms with Crippen molar-refractivity contribution in [1.29, 1.82) is 5.26 Å². The van der Waals surface area contributed by atoms with Crippen LogP contribution in [0, 0.1) is 18.3 Å². The van der Waals surface area contributed by atoms with Gasteiger partial charge >= 0.3 is 0 Å². The van der Waals surface area contributed by atoms with E-state index in [1.54, 1.807) is 25.3 Å². The average Bonchev–Trinajstić information content (AvgIpc) is 2.73. The van der Waals surface area contributed by atoms with Crippen molar-refractivity contribution in [2.24, 2.45) is 0 Å². The predicted octanol–water partition coefficient (Wildman–Crippen LogP) is 1.26. The van der Waals surface area contributed by atoms with Crippen LogP contribution in [0.2, 0.25) is 0 Å². The third-order valence-corrected chi connectivity index (χ3v) is 1.90. The normalized spacial score (nSPS) is 9.75. The zero-order valence-electron chi connectivity index (χ0n) is 8.64. The second-order valence-electron chi connectivity index (χ2n) is 3.10. The Hall–Kier alpha value is -2.42. The molecular formula is C10H9N5O. The maximum Gasteiger partial charge on any atom is 0.245 e. The van der Waals surface area contributed by atoms with Crippen LogP contribution in [0.15, 0.2) is 22.9 Å². The lowest BCUT2D eigenvalue weighted by molar-refractivity contribution is 0.379. The van der Waals surface area contributed by atoms with E-state index in [0.29, 0.717) is 29.6 Å². The van der Waals surface area contributed by atoms with Crippen molar-refractivity contribution in [2.75, 3.05) is 5.32 Å². The highest BCUT2D eigenvalue weighted by Gasteiger charge is 2.05. The number of pyridine rings is 1. The van der Waals surface area contributed by atoms with Crippen molar-refractivity contribution in [2.45, 2.75) is 13.5 Å². The molecule has 0 saturated carbocycles. The minimum Gasteiger partial charge on any atom is -0.360 e. The Labute approximate surface area is 91.9 Å². The van der Waals surface area contributed by atoms with E-state index in [-0.39, 0.29) is 0 Å². The Bertz CT molecular complexity index is 528. The maximum absolute atomic E-state index is 8.84. The van der Waals surface area contributed by atoms with Crippen molar-refractivity contribution in [3.8, 4) is 6.07 Å². The van der Waals surface area contributed by atoms with Gasteiger partial charge in [-0.3, -0.25) is 0 Å². The molecule has 0 atom stereocenters. The van der Waals surface area contributed by atoms with E-state index < -0.39 is 0 Å². The highest BCUT2D eigenvalue weighted by atomic mass is 16.5. The van der Waals surface area contributed by atoms with Crippen molar-refractivity contribution in [3.63, 3.8) is 0 Å². The van der Waals surface area contributed by atoms with E-state index >= 15 is 0 Å². The van der Waals surface area contributed by atoms with Crippen LogP contribution in [0.4, 0.5) is 5.82 Å². The summed E-state index contributed by atoms with van der Waals surface area (Å²) in [5, 5.41) is 15.5. The van der Waals surface area contributed by atoms with Gasteiger partial charge in [-0.15, -0.1) is 0 Å². The first kappa shape index (κ1) is 10.1. The van der Waals surface area contributed by atoms with Gasteiger partial charge in [-0.05, 0) is 19.1 Å². The number of aromatic nitrogens is 3. The van der Waals surface area contributed by atoms with Crippen molar-refractivity contribution < 1.29 is 4.52 Å². The quantitative estimate of drug-likeness (QED) is 0.829. The van der Waals surface area contributed by atoms with Crippen LogP contribution >= 0.6 is 0 Å². The predicted molar refractivity (Wildman–Crippen MR) is 55.3 cm³/mol. The van der Waals surface area contributed by atoms with E-state index in [0.717, 1.165) is 0 Å². The van der Waals surface area contributed by atoms with Crippen LogP contribution < -0.4 is 5.32 Å². The fraction of sp³-hybridized carbons (Fsp3) is 0.200. The van der Waals surface area contributed by atoms with Gasteiger partial charge in [0.05, 0.1) is 12.1 Å².